The van der Waals surface area contributed by atoms with Crippen LogP contribution in [0.4, 0.5) is 46.6 Å². The molecule has 0 unspecified atom stereocenters. The summed E-state index contributed by atoms with van der Waals surface area (Å²) in [5, 5.41) is -5.55. The van der Waals surface area contributed by atoms with Crippen molar-refractivity contribution >= 4 is 52.2 Å². The monoisotopic (exact) mass is 496 g/mol. The maximum absolute atomic E-state index is 13.5. The number of aromatic nitrogens is 1. The Labute approximate surface area is 178 Å². The minimum absolute atomic E-state index is 0.336. The highest BCUT2D eigenvalue weighted by Crippen LogP contribution is 2.49. The number of hydrogen-bond donors (Lipinski definition) is 2. The topological polar surface area (TPSA) is 54.2 Å². The molecule has 2 rings (SSSR count). The zero-order valence-electron chi connectivity index (χ0n) is 14.2. The Morgan fingerprint density at radius 2 is 1.70 bits per heavy atom. The molecule has 0 aliphatic rings. The Hall–Kier alpha value is -2.06. The molecule has 1 aromatic heterocycles. The number of alkyl halides is 8. The largest absolute Gasteiger partial charge is 0.464 e. The van der Waals surface area contributed by atoms with Crippen LogP contribution in [0.3, 0.4) is 0 Å². The highest BCUT2D eigenvalue weighted by Gasteiger charge is 2.58. The third-order valence-corrected chi connectivity index (χ3v) is 4.80. The average Bonchev–Trinajstić information content (AvgIpc) is 2.59. The number of pyridine rings is 1. The predicted molar refractivity (Wildman–Crippen MR) is 100 cm³/mol. The summed E-state index contributed by atoms with van der Waals surface area (Å²) in [6, 6.07) is 5.08. The molecule has 0 fully saturated rings. The first kappa shape index (κ1) is 24.2. The second kappa shape index (κ2) is 8.59. The summed E-state index contributed by atoms with van der Waals surface area (Å²) in [5.74, 6) is -0.403. The molecule has 0 aliphatic heterocycles. The summed E-state index contributed by atoms with van der Waals surface area (Å²) in [4.78, 5) is 2.90. The lowest BCUT2D eigenvalue weighted by molar-refractivity contribution is -0.237. The van der Waals surface area contributed by atoms with Gasteiger partial charge in [-0.3, -0.25) is 5.43 Å². The number of nitrogens with two attached hydrogens (primary N) is 1. The molecule has 15 heteroatoms. The quantitative estimate of drug-likeness (QED) is 0.226. The van der Waals surface area contributed by atoms with Crippen molar-refractivity contribution in [3.05, 3.63) is 47.1 Å². The molecule has 0 spiro atoms. The third-order valence-electron chi connectivity index (χ3n) is 3.28. The molecule has 0 aliphatic carbocycles. The van der Waals surface area contributed by atoms with Crippen molar-refractivity contribution in [2.24, 2.45) is 5.73 Å². The van der Waals surface area contributed by atoms with Gasteiger partial charge in [0, 0.05) is 11.1 Å². The number of nitrogens with zero attached hydrogens (tertiary/aromatic N) is 2. The first-order chi connectivity index (χ1) is 13.6. The predicted octanol–water partition coefficient (Wildman–Crippen LogP) is 6.08. The van der Waals surface area contributed by atoms with Crippen LogP contribution in [0.2, 0.25) is 5.02 Å². The zero-order chi connectivity index (χ0) is 22.9. The lowest BCUT2D eigenvalue weighted by atomic mass is 10.3. The van der Waals surface area contributed by atoms with E-state index in [4.69, 9.17) is 29.6 Å². The summed E-state index contributed by atoms with van der Waals surface area (Å²) in [6.45, 7) is 0. The number of benzene rings is 1. The second-order valence-electron chi connectivity index (χ2n) is 5.42. The number of halogens is 9. The van der Waals surface area contributed by atoms with Crippen LogP contribution in [0.25, 0.3) is 0 Å². The summed E-state index contributed by atoms with van der Waals surface area (Å²) in [6.07, 6.45) is -10.1. The maximum Gasteiger partial charge on any atom is 0.464 e. The van der Waals surface area contributed by atoms with Gasteiger partial charge in [-0.15, -0.1) is 0 Å². The SMILES string of the molecule is NC(=S)N(Nc1ncc(C(F)(F)F)cc1Cl)c1ccccc1SC(F)(F)C(F)(F)F. The van der Waals surface area contributed by atoms with Gasteiger partial charge in [-0.1, -0.05) is 23.7 Å². The molecule has 2 aromatic rings. The molecule has 3 N–H and O–H groups in total. The molecule has 0 atom stereocenters. The smallest absolute Gasteiger partial charge is 0.374 e. The number of rotatable bonds is 5. The van der Waals surface area contributed by atoms with Crippen LogP contribution in [0.15, 0.2) is 41.4 Å². The van der Waals surface area contributed by atoms with E-state index in [9.17, 15) is 35.1 Å². The Balaban J connectivity index is 2.43. The van der Waals surface area contributed by atoms with Gasteiger partial charge in [0.15, 0.2) is 10.9 Å². The highest BCUT2D eigenvalue weighted by atomic mass is 35.5. The van der Waals surface area contributed by atoms with Gasteiger partial charge in [-0.05, 0) is 42.2 Å². The van der Waals surface area contributed by atoms with E-state index >= 15 is 0 Å². The number of thiocarbonyl (C=S) groups is 1. The first-order valence-corrected chi connectivity index (χ1v) is 9.05. The molecule has 0 amide bonds. The van der Waals surface area contributed by atoms with Crippen molar-refractivity contribution < 1.29 is 35.1 Å². The molecule has 0 radical (unpaired) electrons. The lowest BCUT2D eigenvalue weighted by Crippen LogP contribution is -2.41. The van der Waals surface area contributed by atoms with Gasteiger partial charge < -0.3 is 5.73 Å². The van der Waals surface area contributed by atoms with Crippen molar-refractivity contribution in [1.29, 1.82) is 0 Å². The Morgan fingerprint density at radius 3 is 2.20 bits per heavy atom. The van der Waals surface area contributed by atoms with Gasteiger partial charge in [-0.2, -0.15) is 35.1 Å². The van der Waals surface area contributed by atoms with E-state index in [2.05, 4.69) is 10.4 Å². The van der Waals surface area contributed by atoms with E-state index in [1.807, 2.05) is 0 Å². The van der Waals surface area contributed by atoms with E-state index in [-0.39, 0.29) is 5.69 Å². The fourth-order valence-electron chi connectivity index (χ4n) is 1.94. The molecule has 0 saturated carbocycles. The number of anilines is 2. The van der Waals surface area contributed by atoms with Gasteiger partial charge in [0.05, 0.1) is 16.3 Å². The number of hydrogen-bond acceptors (Lipinski definition) is 4. The van der Waals surface area contributed by atoms with E-state index in [0.717, 1.165) is 12.1 Å². The second-order valence-corrected chi connectivity index (χ2v) is 7.40. The van der Waals surface area contributed by atoms with Crippen molar-refractivity contribution in [3.63, 3.8) is 0 Å². The molecular weight excluding hydrogens is 488 g/mol. The Morgan fingerprint density at radius 1 is 1.10 bits per heavy atom. The fraction of sp³-hybridized carbons (Fsp3) is 0.200. The minimum atomic E-state index is -5.84. The Kier molecular flexibility index (Phi) is 6.93. The molecular formula is C15H9ClF8N4S2. The molecule has 0 saturated heterocycles. The standard InChI is InChI=1S/C15H9ClF8N4S2/c16-8-5-7(13(17,18)19)6-26-11(8)27-28(12(25)29)9-3-1-2-4-10(9)30-15(23,24)14(20,21)22/h1-6H,(H2,25,29)(H,26,27). The minimum Gasteiger partial charge on any atom is -0.374 e. The molecule has 30 heavy (non-hydrogen) atoms. The summed E-state index contributed by atoms with van der Waals surface area (Å²) in [7, 11) is 0. The van der Waals surface area contributed by atoms with E-state index < -0.39 is 55.8 Å². The van der Waals surface area contributed by atoms with E-state index in [1.54, 1.807) is 0 Å². The summed E-state index contributed by atoms with van der Waals surface area (Å²) < 4.78 is 103. The molecule has 0 bridgehead atoms. The van der Waals surface area contributed by atoms with Gasteiger partial charge in [0.1, 0.15) is 0 Å². The van der Waals surface area contributed by atoms with Gasteiger partial charge in [-0.25, -0.2) is 9.99 Å². The molecule has 1 aromatic carbocycles. The third kappa shape index (κ3) is 5.55. The average molecular weight is 497 g/mol. The van der Waals surface area contributed by atoms with Crippen molar-refractivity contribution in [3.8, 4) is 0 Å². The molecule has 4 nitrogen and oxygen atoms in total. The van der Waals surface area contributed by atoms with Gasteiger partial charge in [0.2, 0.25) is 0 Å². The first-order valence-electron chi connectivity index (χ1n) is 7.45. The van der Waals surface area contributed by atoms with Crippen LogP contribution < -0.4 is 16.2 Å². The van der Waals surface area contributed by atoms with Gasteiger partial charge in [0.25, 0.3) is 0 Å². The maximum atomic E-state index is 13.5. The molecule has 1 heterocycles. The van der Waals surface area contributed by atoms with Crippen LogP contribution in [0.5, 0.6) is 0 Å². The summed E-state index contributed by atoms with van der Waals surface area (Å²) in [5.41, 5.74) is 6.33. The van der Waals surface area contributed by atoms with Crippen molar-refractivity contribution in [2.75, 3.05) is 10.4 Å². The van der Waals surface area contributed by atoms with Crippen LogP contribution in [0, 0.1) is 0 Å². The number of nitrogens with one attached hydrogen (secondary N) is 1. The summed E-state index contributed by atoms with van der Waals surface area (Å²) >= 11 is 9.73. The fourth-order valence-corrected chi connectivity index (χ4v) is 3.09. The van der Waals surface area contributed by atoms with E-state index in [0.29, 0.717) is 17.3 Å². The van der Waals surface area contributed by atoms with Crippen LogP contribution >= 0.6 is 35.6 Å². The van der Waals surface area contributed by atoms with E-state index in [1.165, 1.54) is 12.1 Å². The van der Waals surface area contributed by atoms with Crippen LogP contribution in [0.1, 0.15) is 5.56 Å². The number of hydrazine groups is 1. The molecule has 164 valence electrons. The number of para-hydroxylation sites is 1. The van der Waals surface area contributed by atoms with Crippen molar-refractivity contribution in [1.82, 2.24) is 4.98 Å². The van der Waals surface area contributed by atoms with Crippen LogP contribution in [-0.4, -0.2) is 21.5 Å². The highest BCUT2D eigenvalue weighted by molar-refractivity contribution is 8.00. The Bertz CT molecular complexity index is 936. The van der Waals surface area contributed by atoms with Gasteiger partial charge >= 0.3 is 17.6 Å². The van der Waals surface area contributed by atoms with Crippen molar-refractivity contribution in [2.45, 2.75) is 22.5 Å². The number of thioether (sulfide) groups is 1. The lowest BCUT2D eigenvalue weighted by Gasteiger charge is -2.27. The normalized spacial score (nSPS) is 12.6. The zero-order valence-corrected chi connectivity index (χ0v) is 16.5. The van der Waals surface area contributed by atoms with Crippen LogP contribution in [-0.2, 0) is 6.18 Å².